The summed E-state index contributed by atoms with van der Waals surface area (Å²) >= 11 is 0. The number of rotatable bonds is 6. The average molecular weight is 293 g/mol. The molecule has 5 heteroatoms. The SMILES string of the molecule is CCCN(CCN1C(=O)CCC1=O)C1CC2CCC(C1)N2. The first kappa shape index (κ1) is 15.0. The van der Waals surface area contributed by atoms with Gasteiger partial charge >= 0.3 is 0 Å². The van der Waals surface area contributed by atoms with E-state index in [1.54, 1.807) is 0 Å². The number of hydrogen-bond donors (Lipinski definition) is 1. The van der Waals surface area contributed by atoms with E-state index in [1.165, 1.54) is 30.6 Å². The molecule has 0 saturated carbocycles. The highest BCUT2D eigenvalue weighted by molar-refractivity contribution is 6.01. The Balaban J connectivity index is 1.57. The van der Waals surface area contributed by atoms with E-state index in [2.05, 4.69) is 17.1 Å². The molecule has 0 aromatic rings. The van der Waals surface area contributed by atoms with Gasteiger partial charge in [0.1, 0.15) is 0 Å². The first-order chi connectivity index (χ1) is 10.2. The zero-order chi connectivity index (χ0) is 14.8. The Morgan fingerprint density at radius 1 is 1.10 bits per heavy atom. The van der Waals surface area contributed by atoms with Crippen LogP contribution in [0.2, 0.25) is 0 Å². The molecule has 0 aliphatic carbocycles. The second kappa shape index (κ2) is 6.44. The Bertz CT molecular complexity index is 384. The van der Waals surface area contributed by atoms with Crippen LogP contribution in [-0.2, 0) is 9.59 Å². The monoisotopic (exact) mass is 293 g/mol. The summed E-state index contributed by atoms with van der Waals surface area (Å²) in [4.78, 5) is 27.4. The summed E-state index contributed by atoms with van der Waals surface area (Å²) in [6.07, 6.45) is 7.00. The molecule has 1 N–H and O–H groups in total. The Morgan fingerprint density at radius 3 is 2.29 bits per heavy atom. The molecular formula is C16H27N3O2. The fourth-order valence-corrected chi connectivity index (χ4v) is 4.19. The van der Waals surface area contributed by atoms with Crippen molar-refractivity contribution in [3.63, 3.8) is 0 Å². The number of nitrogens with zero attached hydrogens (tertiary/aromatic N) is 2. The highest BCUT2D eigenvalue weighted by Gasteiger charge is 2.36. The normalized spacial score (nSPS) is 32.5. The van der Waals surface area contributed by atoms with Gasteiger partial charge in [-0.05, 0) is 38.6 Å². The van der Waals surface area contributed by atoms with Crippen LogP contribution < -0.4 is 5.32 Å². The van der Waals surface area contributed by atoms with Crippen molar-refractivity contribution < 1.29 is 9.59 Å². The topological polar surface area (TPSA) is 52.7 Å². The minimum Gasteiger partial charge on any atom is -0.311 e. The molecule has 21 heavy (non-hydrogen) atoms. The third-order valence-corrected chi connectivity index (χ3v) is 5.24. The minimum absolute atomic E-state index is 0.0156. The van der Waals surface area contributed by atoms with Crippen LogP contribution in [0.3, 0.4) is 0 Å². The summed E-state index contributed by atoms with van der Waals surface area (Å²) in [6.45, 7) is 4.70. The summed E-state index contributed by atoms with van der Waals surface area (Å²) in [5.74, 6) is 0.0312. The van der Waals surface area contributed by atoms with Gasteiger partial charge in [0.15, 0.2) is 0 Å². The van der Waals surface area contributed by atoms with Gasteiger partial charge in [0.25, 0.3) is 0 Å². The summed E-state index contributed by atoms with van der Waals surface area (Å²) in [7, 11) is 0. The van der Waals surface area contributed by atoms with E-state index < -0.39 is 0 Å². The van der Waals surface area contributed by atoms with Crippen LogP contribution >= 0.6 is 0 Å². The van der Waals surface area contributed by atoms with Gasteiger partial charge in [-0.2, -0.15) is 0 Å². The van der Waals surface area contributed by atoms with Crippen molar-refractivity contribution in [3.05, 3.63) is 0 Å². The van der Waals surface area contributed by atoms with Crippen LogP contribution in [0.15, 0.2) is 0 Å². The van der Waals surface area contributed by atoms with E-state index in [0.29, 0.717) is 37.5 Å². The average Bonchev–Trinajstić information content (AvgIpc) is 2.98. The molecule has 118 valence electrons. The molecule has 0 spiro atoms. The molecule has 3 aliphatic rings. The Hall–Kier alpha value is -0.940. The number of hydrogen-bond acceptors (Lipinski definition) is 4. The summed E-state index contributed by atoms with van der Waals surface area (Å²) < 4.78 is 0. The second-order valence-electron chi connectivity index (χ2n) is 6.74. The Morgan fingerprint density at radius 2 is 1.71 bits per heavy atom. The molecule has 3 rings (SSSR count). The van der Waals surface area contributed by atoms with Gasteiger partial charge in [0.05, 0.1) is 0 Å². The third kappa shape index (κ3) is 3.29. The van der Waals surface area contributed by atoms with E-state index in [4.69, 9.17) is 0 Å². The van der Waals surface area contributed by atoms with Gasteiger partial charge in [0, 0.05) is 44.1 Å². The zero-order valence-electron chi connectivity index (χ0n) is 13.0. The number of carbonyl (C=O) groups excluding carboxylic acids is 2. The number of amides is 2. The lowest BCUT2D eigenvalue weighted by Gasteiger charge is -2.38. The molecule has 3 fully saturated rings. The van der Waals surface area contributed by atoms with Crippen molar-refractivity contribution >= 4 is 11.8 Å². The number of imide groups is 1. The third-order valence-electron chi connectivity index (χ3n) is 5.24. The maximum absolute atomic E-state index is 11.7. The van der Waals surface area contributed by atoms with Gasteiger partial charge in [0.2, 0.25) is 11.8 Å². The van der Waals surface area contributed by atoms with Crippen LogP contribution in [0.25, 0.3) is 0 Å². The van der Waals surface area contributed by atoms with E-state index >= 15 is 0 Å². The number of piperidine rings is 1. The first-order valence-electron chi connectivity index (χ1n) is 8.50. The van der Waals surface area contributed by atoms with Crippen molar-refractivity contribution in [2.45, 2.75) is 70.0 Å². The summed E-state index contributed by atoms with van der Waals surface area (Å²) in [6, 6.07) is 1.99. The van der Waals surface area contributed by atoms with Gasteiger partial charge in [-0.25, -0.2) is 0 Å². The van der Waals surface area contributed by atoms with Crippen LogP contribution in [-0.4, -0.2) is 59.4 Å². The van der Waals surface area contributed by atoms with Crippen LogP contribution in [0, 0.1) is 0 Å². The van der Waals surface area contributed by atoms with E-state index in [0.717, 1.165) is 19.5 Å². The summed E-state index contributed by atoms with van der Waals surface area (Å²) in [5.41, 5.74) is 0. The molecule has 3 saturated heterocycles. The van der Waals surface area contributed by atoms with E-state index in [-0.39, 0.29) is 11.8 Å². The Labute approximate surface area is 127 Å². The predicted molar refractivity (Wildman–Crippen MR) is 80.8 cm³/mol. The summed E-state index contributed by atoms with van der Waals surface area (Å²) in [5, 5.41) is 3.68. The molecular weight excluding hydrogens is 266 g/mol. The molecule has 0 aromatic carbocycles. The highest BCUT2D eigenvalue weighted by atomic mass is 16.2. The predicted octanol–water partition coefficient (Wildman–Crippen LogP) is 1.13. The number of fused-ring (bicyclic) bond motifs is 2. The molecule has 0 radical (unpaired) electrons. The van der Waals surface area contributed by atoms with E-state index in [9.17, 15) is 9.59 Å². The molecule has 3 aliphatic heterocycles. The van der Waals surface area contributed by atoms with Gasteiger partial charge in [-0.1, -0.05) is 6.92 Å². The van der Waals surface area contributed by atoms with Crippen LogP contribution in [0.4, 0.5) is 0 Å². The smallest absolute Gasteiger partial charge is 0.229 e. The van der Waals surface area contributed by atoms with Gasteiger partial charge in [-0.3, -0.25) is 19.4 Å². The molecule has 2 atom stereocenters. The van der Waals surface area contributed by atoms with E-state index in [1.807, 2.05) is 0 Å². The fourth-order valence-electron chi connectivity index (χ4n) is 4.19. The Kier molecular flexibility index (Phi) is 4.60. The molecule has 2 amide bonds. The second-order valence-corrected chi connectivity index (χ2v) is 6.74. The lowest BCUT2D eigenvalue weighted by molar-refractivity contribution is -0.138. The molecule has 2 unspecified atom stereocenters. The zero-order valence-corrected chi connectivity index (χ0v) is 13.0. The fraction of sp³-hybridized carbons (Fsp3) is 0.875. The van der Waals surface area contributed by atoms with Crippen LogP contribution in [0.1, 0.15) is 51.9 Å². The minimum atomic E-state index is 0.0156. The maximum atomic E-state index is 11.7. The highest BCUT2D eigenvalue weighted by Crippen LogP contribution is 2.29. The largest absolute Gasteiger partial charge is 0.311 e. The van der Waals surface area contributed by atoms with Crippen molar-refractivity contribution in [1.82, 2.24) is 15.1 Å². The molecule has 3 heterocycles. The molecule has 0 aromatic heterocycles. The van der Waals surface area contributed by atoms with Gasteiger partial charge in [-0.15, -0.1) is 0 Å². The lowest BCUT2D eigenvalue weighted by atomic mass is 9.98. The van der Waals surface area contributed by atoms with Crippen molar-refractivity contribution in [2.24, 2.45) is 0 Å². The number of nitrogens with one attached hydrogen (secondary N) is 1. The van der Waals surface area contributed by atoms with Crippen molar-refractivity contribution in [3.8, 4) is 0 Å². The quantitative estimate of drug-likeness (QED) is 0.746. The first-order valence-corrected chi connectivity index (χ1v) is 8.50. The number of likely N-dealkylation sites (tertiary alicyclic amines) is 1. The molecule has 2 bridgehead atoms. The maximum Gasteiger partial charge on any atom is 0.229 e. The lowest BCUT2D eigenvalue weighted by Crippen LogP contribution is -2.50. The number of carbonyl (C=O) groups is 2. The standard InChI is InChI=1S/C16H27N3O2/c1-2-7-18(8-9-19-15(20)5-6-16(19)21)14-10-12-3-4-13(11-14)17-12/h12-14,17H,2-11H2,1H3. The van der Waals surface area contributed by atoms with Crippen LogP contribution in [0.5, 0.6) is 0 Å². The van der Waals surface area contributed by atoms with Gasteiger partial charge < -0.3 is 5.32 Å². The van der Waals surface area contributed by atoms with Crippen molar-refractivity contribution in [1.29, 1.82) is 0 Å². The molecule has 5 nitrogen and oxygen atoms in total. The van der Waals surface area contributed by atoms with Crippen molar-refractivity contribution in [2.75, 3.05) is 19.6 Å².